The zero-order chi connectivity index (χ0) is 14.4. The van der Waals surface area contributed by atoms with Gasteiger partial charge in [0.2, 0.25) is 0 Å². The topological polar surface area (TPSA) is 34.6 Å². The first-order chi connectivity index (χ1) is 9.41. The fourth-order valence-electron chi connectivity index (χ4n) is 2.93. The van der Waals surface area contributed by atoms with E-state index in [4.69, 9.17) is 9.31 Å². The number of rotatable bonds is 2. The van der Waals surface area contributed by atoms with Crippen molar-refractivity contribution in [2.24, 2.45) is 0 Å². The van der Waals surface area contributed by atoms with Gasteiger partial charge in [-0.2, -0.15) is 0 Å². The van der Waals surface area contributed by atoms with Gasteiger partial charge in [0.1, 0.15) is 5.82 Å². The molecule has 4 nitrogen and oxygen atoms in total. The van der Waals surface area contributed by atoms with Crippen LogP contribution in [0.1, 0.15) is 40.5 Å². The maximum atomic E-state index is 6.21. The van der Waals surface area contributed by atoms with E-state index in [9.17, 15) is 0 Å². The summed E-state index contributed by atoms with van der Waals surface area (Å²) in [6.45, 7) is 9.44. The number of anilines is 1. The molecule has 0 aliphatic carbocycles. The fourth-order valence-corrected chi connectivity index (χ4v) is 2.93. The van der Waals surface area contributed by atoms with Gasteiger partial charge in [0.05, 0.1) is 17.1 Å². The molecular formula is C15H23BN2O2. The molecular weight excluding hydrogens is 251 g/mol. The van der Waals surface area contributed by atoms with Crippen molar-refractivity contribution in [1.29, 1.82) is 0 Å². The van der Waals surface area contributed by atoms with Crippen LogP contribution in [0, 0.1) is 0 Å². The van der Waals surface area contributed by atoms with Crippen molar-refractivity contribution in [2.75, 3.05) is 11.4 Å². The van der Waals surface area contributed by atoms with Crippen molar-refractivity contribution in [3.8, 4) is 0 Å². The Morgan fingerprint density at radius 2 is 1.90 bits per heavy atom. The molecule has 0 saturated carbocycles. The molecule has 0 N–H and O–H groups in total. The number of hydrogen-bond acceptors (Lipinski definition) is 4. The van der Waals surface area contributed by atoms with Crippen LogP contribution in [-0.2, 0) is 9.31 Å². The maximum absolute atomic E-state index is 6.21. The minimum absolute atomic E-state index is 0.176. The van der Waals surface area contributed by atoms with Crippen LogP contribution in [0.2, 0.25) is 0 Å². The van der Waals surface area contributed by atoms with Crippen LogP contribution in [0.3, 0.4) is 0 Å². The number of hydrogen-bond donors (Lipinski definition) is 0. The van der Waals surface area contributed by atoms with Gasteiger partial charge < -0.3 is 14.2 Å². The van der Waals surface area contributed by atoms with Gasteiger partial charge in [0.15, 0.2) is 0 Å². The van der Waals surface area contributed by atoms with Crippen molar-refractivity contribution in [3.63, 3.8) is 0 Å². The Hall–Kier alpha value is -1.07. The molecule has 108 valence electrons. The van der Waals surface area contributed by atoms with E-state index in [0.717, 1.165) is 25.2 Å². The van der Waals surface area contributed by atoms with Gasteiger partial charge >= 0.3 is 7.12 Å². The predicted molar refractivity (Wildman–Crippen MR) is 80.7 cm³/mol. The lowest BCUT2D eigenvalue weighted by molar-refractivity contribution is 0.00578. The van der Waals surface area contributed by atoms with Crippen LogP contribution in [0.25, 0.3) is 0 Å². The van der Waals surface area contributed by atoms with Crippen molar-refractivity contribution in [3.05, 3.63) is 24.4 Å². The molecule has 2 aliphatic rings. The third-order valence-electron chi connectivity index (χ3n) is 4.83. The zero-order valence-corrected chi connectivity index (χ0v) is 12.8. The number of pyridine rings is 1. The molecule has 0 amide bonds. The van der Waals surface area contributed by atoms with Crippen LogP contribution in [0.15, 0.2) is 24.4 Å². The van der Waals surface area contributed by atoms with Crippen LogP contribution >= 0.6 is 0 Å². The van der Waals surface area contributed by atoms with Gasteiger partial charge in [-0.05, 0) is 52.7 Å². The van der Waals surface area contributed by atoms with Crippen LogP contribution < -0.4 is 4.90 Å². The molecule has 3 heterocycles. The second-order valence-electron chi connectivity index (χ2n) is 6.72. The molecule has 3 rings (SSSR count). The van der Waals surface area contributed by atoms with E-state index < -0.39 is 0 Å². The van der Waals surface area contributed by atoms with Gasteiger partial charge in [0, 0.05) is 12.7 Å². The molecule has 0 spiro atoms. The highest BCUT2D eigenvalue weighted by Gasteiger charge is 2.55. The second-order valence-corrected chi connectivity index (χ2v) is 6.72. The molecule has 1 unspecified atom stereocenters. The van der Waals surface area contributed by atoms with Crippen molar-refractivity contribution in [1.82, 2.24) is 4.98 Å². The summed E-state index contributed by atoms with van der Waals surface area (Å²) >= 11 is 0. The van der Waals surface area contributed by atoms with Gasteiger partial charge in [0.25, 0.3) is 0 Å². The first-order valence-electron chi connectivity index (χ1n) is 7.44. The van der Waals surface area contributed by atoms with Gasteiger partial charge in [-0.25, -0.2) is 4.98 Å². The van der Waals surface area contributed by atoms with Gasteiger partial charge in [-0.15, -0.1) is 0 Å². The molecule has 0 bridgehead atoms. The van der Waals surface area contributed by atoms with Gasteiger partial charge in [-0.3, -0.25) is 0 Å². The monoisotopic (exact) mass is 274 g/mol. The molecule has 2 fully saturated rings. The standard InChI is InChI=1S/C15H23BN2O2/c1-14(2)15(3,4)20-16(19-14)12-8-7-11-18(12)13-9-5-6-10-17-13/h5-6,9-10,12H,7-8,11H2,1-4H3. The highest BCUT2D eigenvalue weighted by molar-refractivity contribution is 6.48. The molecule has 2 saturated heterocycles. The van der Waals surface area contributed by atoms with Crippen LogP contribution in [0.5, 0.6) is 0 Å². The maximum Gasteiger partial charge on any atom is 0.482 e. The third kappa shape index (κ3) is 2.23. The van der Waals surface area contributed by atoms with Crippen molar-refractivity contribution in [2.45, 2.75) is 57.7 Å². The minimum Gasteiger partial charge on any atom is -0.402 e. The van der Waals surface area contributed by atoms with E-state index in [1.165, 1.54) is 0 Å². The Balaban J connectivity index is 1.81. The summed E-state index contributed by atoms with van der Waals surface area (Å²) in [6, 6.07) is 6.04. The molecule has 1 aromatic rings. The molecule has 1 aromatic heterocycles. The lowest BCUT2D eigenvalue weighted by Gasteiger charge is -2.32. The number of aromatic nitrogens is 1. The summed E-state index contributed by atoms with van der Waals surface area (Å²) in [7, 11) is -0.176. The van der Waals surface area contributed by atoms with E-state index in [1.807, 2.05) is 18.3 Å². The first-order valence-corrected chi connectivity index (χ1v) is 7.44. The Bertz CT molecular complexity index is 462. The number of nitrogens with zero attached hydrogens (tertiary/aromatic N) is 2. The Morgan fingerprint density at radius 3 is 2.50 bits per heavy atom. The van der Waals surface area contributed by atoms with Crippen LogP contribution in [-0.4, -0.2) is 35.8 Å². The highest BCUT2D eigenvalue weighted by Crippen LogP contribution is 2.40. The Morgan fingerprint density at radius 1 is 1.20 bits per heavy atom. The lowest BCUT2D eigenvalue weighted by Crippen LogP contribution is -2.44. The van der Waals surface area contributed by atoms with E-state index in [2.05, 4.69) is 43.6 Å². The summed E-state index contributed by atoms with van der Waals surface area (Å²) in [4.78, 5) is 6.79. The van der Waals surface area contributed by atoms with E-state index in [-0.39, 0.29) is 24.3 Å². The quantitative estimate of drug-likeness (QED) is 0.777. The third-order valence-corrected chi connectivity index (χ3v) is 4.83. The average Bonchev–Trinajstić information content (AvgIpc) is 2.94. The lowest BCUT2D eigenvalue weighted by atomic mass is 9.76. The fraction of sp³-hybridized carbons (Fsp3) is 0.667. The molecule has 0 radical (unpaired) electrons. The SMILES string of the molecule is CC1(C)OB(C2CCCN2c2ccccn2)OC1(C)C. The second kappa shape index (κ2) is 4.74. The van der Waals surface area contributed by atoms with E-state index >= 15 is 0 Å². The predicted octanol–water partition coefficient (Wildman–Crippen LogP) is 2.68. The smallest absolute Gasteiger partial charge is 0.402 e. The Labute approximate surface area is 121 Å². The van der Waals surface area contributed by atoms with Gasteiger partial charge in [-0.1, -0.05) is 6.07 Å². The van der Waals surface area contributed by atoms with Crippen molar-refractivity contribution >= 4 is 12.9 Å². The first kappa shape index (κ1) is 13.9. The summed E-state index contributed by atoms with van der Waals surface area (Å²) in [5.41, 5.74) is -0.536. The molecule has 2 aliphatic heterocycles. The molecule has 5 heteroatoms. The Kier molecular flexibility index (Phi) is 3.29. The molecule has 0 aromatic carbocycles. The minimum atomic E-state index is -0.268. The normalized spacial score (nSPS) is 28.1. The highest BCUT2D eigenvalue weighted by atomic mass is 16.7. The van der Waals surface area contributed by atoms with Crippen molar-refractivity contribution < 1.29 is 9.31 Å². The largest absolute Gasteiger partial charge is 0.482 e. The van der Waals surface area contributed by atoms with E-state index in [1.54, 1.807) is 0 Å². The summed E-state index contributed by atoms with van der Waals surface area (Å²) in [5.74, 6) is 1.27. The summed E-state index contributed by atoms with van der Waals surface area (Å²) < 4.78 is 12.4. The summed E-state index contributed by atoms with van der Waals surface area (Å²) in [6.07, 6.45) is 4.09. The van der Waals surface area contributed by atoms with Crippen LogP contribution in [0.4, 0.5) is 5.82 Å². The van der Waals surface area contributed by atoms with E-state index in [0.29, 0.717) is 0 Å². The molecule has 1 atom stereocenters. The average molecular weight is 274 g/mol. The molecule has 20 heavy (non-hydrogen) atoms. The summed E-state index contributed by atoms with van der Waals surface area (Å²) in [5, 5.41) is 0. The zero-order valence-electron chi connectivity index (χ0n) is 12.8.